The highest BCUT2D eigenvalue weighted by Crippen LogP contribution is 2.36. The summed E-state index contributed by atoms with van der Waals surface area (Å²) in [6.45, 7) is 1.00. The van der Waals surface area contributed by atoms with E-state index in [9.17, 15) is 0 Å². The number of halogens is 1. The summed E-state index contributed by atoms with van der Waals surface area (Å²) in [5.41, 5.74) is 7.15. The number of rotatable bonds is 1. The number of imidazole rings is 1. The quantitative estimate of drug-likeness (QED) is 0.818. The molecule has 1 fully saturated rings. The highest BCUT2D eigenvalue weighted by molar-refractivity contribution is 6.30. The van der Waals surface area contributed by atoms with E-state index in [1.165, 1.54) is 37.2 Å². The van der Waals surface area contributed by atoms with Gasteiger partial charge in [-0.15, -0.1) is 0 Å². The summed E-state index contributed by atoms with van der Waals surface area (Å²) in [5.74, 6) is 1.87. The third-order valence-electron chi connectivity index (χ3n) is 3.95. The molecule has 0 aromatic carbocycles. The van der Waals surface area contributed by atoms with Crippen LogP contribution in [0.5, 0.6) is 0 Å². The standard InChI is InChI=1S/C12H18ClN3/c13-11-10-7-9(14)5-6-16(10)12(15-11)8-3-1-2-4-8/h8-9H,1-7,14H2. The maximum absolute atomic E-state index is 6.22. The monoisotopic (exact) mass is 239 g/mol. The van der Waals surface area contributed by atoms with Crippen LogP contribution in [-0.2, 0) is 13.0 Å². The molecule has 1 atom stereocenters. The molecule has 4 heteroatoms. The van der Waals surface area contributed by atoms with E-state index in [4.69, 9.17) is 17.3 Å². The second-order valence-electron chi connectivity index (χ2n) is 5.09. The number of hydrogen-bond acceptors (Lipinski definition) is 2. The van der Waals surface area contributed by atoms with E-state index in [0.29, 0.717) is 11.1 Å². The maximum Gasteiger partial charge on any atom is 0.150 e. The molecule has 0 bridgehead atoms. The molecule has 2 N–H and O–H groups in total. The molecule has 0 saturated heterocycles. The first kappa shape index (κ1) is 10.6. The first-order valence-corrected chi connectivity index (χ1v) is 6.64. The van der Waals surface area contributed by atoms with Gasteiger partial charge >= 0.3 is 0 Å². The van der Waals surface area contributed by atoms with Gasteiger partial charge in [0.15, 0.2) is 5.15 Å². The van der Waals surface area contributed by atoms with Crippen molar-refractivity contribution in [2.45, 2.75) is 57.0 Å². The molecule has 0 radical (unpaired) electrons. The van der Waals surface area contributed by atoms with E-state index in [-0.39, 0.29) is 6.04 Å². The van der Waals surface area contributed by atoms with Crippen LogP contribution in [0.4, 0.5) is 0 Å². The van der Waals surface area contributed by atoms with Gasteiger partial charge in [0.05, 0.1) is 5.69 Å². The minimum absolute atomic E-state index is 0.262. The van der Waals surface area contributed by atoms with Crippen molar-refractivity contribution in [3.05, 3.63) is 16.7 Å². The summed E-state index contributed by atoms with van der Waals surface area (Å²) >= 11 is 6.22. The third kappa shape index (κ3) is 1.66. The SMILES string of the molecule is NC1CCn2c(C3CCCC3)nc(Cl)c2C1. The average molecular weight is 240 g/mol. The van der Waals surface area contributed by atoms with Crippen molar-refractivity contribution in [1.82, 2.24) is 9.55 Å². The Morgan fingerprint density at radius 1 is 1.25 bits per heavy atom. The Kier molecular flexibility index (Phi) is 2.68. The number of hydrogen-bond donors (Lipinski definition) is 1. The molecule has 88 valence electrons. The summed E-state index contributed by atoms with van der Waals surface area (Å²) < 4.78 is 2.34. The fraction of sp³-hybridized carbons (Fsp3) is 0.750. The molecule has 2 heterocycles. The Labute approximate surface area is 101 Å². The van der Waals surface area contributed by atoms with E-state index in [1.807, 2.05) is 0 Å². The fourth-order valence-corrected chi connectivity index (χ4v) is 3.33. The summed E-state index contributed by atoms with van der Waals surface area (Å²) in [6.07, 6.45) is 7.17. The van der Waals surface area contributed by atoms with E-state index in [0.717, 1.165) is 19.4 Å². The molecule has 3 rings (SSSR count). The van der Waals surface area contributed by atoms with Gasteiger partial charge in [-0.05, 0) is 19.3 Å². The van der Waals surface area contributed by atoms with Crippen LogP contribution in [0.1, 0.15) is 49.5 Å². The van der Waals surface area contributed by atoms with E-state index in [1.54, 1.807) is 0 Å². The van der Waals surface area contributed by atoms with E-state index >= 15 is 0 Å². The molecule has 16 heavy (non-hydrogen) atoms. The Hall–Kier alpha value is -0.540. The highest BCUT2D eigenvalue weighted by Gasteiger charge is 2.28. The Balaban J connectivity index is 1.97. The lowest BCUT2D eigenvalue weighted by Crippen LogP contribution is -2.31. The third-order valence-corrected chi connectivity index (χ3v) is 4.26. The van der Waals surface area contributed by atoms with Crippen LogP contribution >= 0.6 is 11.6 Å². The van der Waals surface area contributed by atoms with Crippen LogP contribution in [-0.4, -0.2) is 15.6 Å². The molecule has 3 nitrogen and oxygen atoms in total. The molecule has 1 aromatic heterocycles. The number of aromatic nitrogens is 2. The van der Waals surface area contributed by atoms with E-state index < -0.39 is 0 Å². The molecule has 1 saturated carbocycles. The van der Waals surface area contributed by atoms with Crippen LogP contribution < -0.4 is 5.73 Å². The molecular formula is C12H18ClN3. The zero-order valence-corrected chi connectivity index (χ0v) is 10.2. The number of nitrogens with two attached hydrogens (primary N) is 1. The summed E-state index contributed by atoms with van der Waals surface area (Å²) in [6, 6.07) is 0.262. The van der Waals surface area contributed by atoms with Crippen LogP contribution in [0.2, 0.25) is 5.15 Å². The number of nitrogens with zero attached hydrogens (tertiary/aromatic N) is 2. The van der Waals surface area contributed by atoms with Gasteiger partial charge in [0, 0.05) is 24.9 Å². The Morgan fingerprint density at radius 3 is 2.75 bits per heavy atom. The lowest BCUT2D eigenvalue weighted by atomic mass is 10.0. The first-order valence-electron chi connectivity index (χ1n) is 6.26. The lowest BCUT2D eigenvalue weighted by molar-refractivity contribution is 0.448. The van der Waals surface area contributed by atoms with Gasteiger partial charge < -0.3 is 10.3 Å². The van der Waals surface area contributed by atoms with Crippen molar-refractivity contribution in [3.8, 4) is 0 Å². The molecule has 2 aliphatic rings. The minimum Gasteiger partial charge on any atom is -0.330 e. The predicted octanol–water partition coefficient (Wildman–Crippen LogP) is 2.47. The zero-order chi connectivity index (χ0) is 11.1. The molecule has 0 spiro atoms. The van der Waals surface area contributed by atoms with Gasteiger partial charge in [-0.2, -0.15) is 0 Å². The molecule has 1 aliphatic carbocycles. The largest absolute Gasteiger partial charge is 0.330 e. The topological polar surface area (TPSA) is 43.8 Å². The predicted molar refractivity (Wildman–Crippen MR) is 64.7 cm³/mol. The smallest absolute Gasteiger partial charge is 0.150 e. The normalized spacial score (nSPS) is 26.0. The van der Waals surface area contributed by atoms with Gasteiger partial charge in [-0.25, -0.2) is 4.98 Å². The van der Waals surface area contributed by atoms with Crippen LogP contribution in [0.25, 0.3) is 0 Å². The first-order chi connectivity index (χ1) is 7.75. The summed E-state index contributed by atoms with van der Waals surface area (Å²) in [5, 5.41) is 0.692. The molecular weight excluding hydrogens is 222 g/mol. The van der Waals surface area contributed by atoms with Gasteiger partial charge in [0.1, 0.15) is 5.82 Å². The zero-order valence-electron chi connectivity index (χ0n) is 9.45. The van der Waals surface area contributed by atoms with Crippen molar-refractivity contribution in [1.29, 1.82) is 0 Å². The molecule has 0 amide bonds. The van der Waals surface area contributed by atoms with Crippen molar-refractivity contribution in [2.75, 3.05) is 0 Å². The molecule has 1 aliphatic heterocycles. The van der Waals surface area contributed by atoms with Crippen LogP contribution in [0.3, 0.4) is 0 Å². The highest BCUT2D eigenvalue weighted by atomic mass is 35.5. The van der Waals surface area contributed by atoms with Crippen molar-refractivity contribution in [3.63, 3.8) is 0 Å². The van der Waals surface area contributed by atoms with Gasteiger partial charge in [0.2, 0.25) is 0 Å². The van der Waals surface area contributed by atoms with Crippen LogP contribution in [0.15, 0.2) is 0 Å². The maximum atomic E-state index is 6.22. The van der Waals surface area contributed by atoms with Gasteiger partial charge in [-0.3, -0.25) is 0 Å². The van der Waals surface area contributed by atoms with E-state index in [2.05, 4.69) is 9.55 Å². The van der Waals surface area contributed by atoms with Crippen molar-refractivity contribution < 1.29 is 0 Å². The lowest BCUT2D eigenvalue weighted by Gasteiger charge is -2.23. The second-order valence-corrected chi connectivity index (χ2v) is 5.45. The summed E-state index contributed by atoms with van der Waals surface area (Å²) in [7, 11) is 0. The van der Waals surface area contributed by atoms with Gasteiger partial charge in [-0.1, -0.05) is 24.4 Å². The molecule has 1 aromatic rings. The second kappa shape index (κ2) is 4.04. The average Bonchev–Trinajstić information content (AvgIpc) is 2.87. The van der Waals surface area contributed by atoms with Crippen molar-refractivity contribution >= 4 is 11.6 Å². The van der Waals surface area contributed by atoms with Crippen LogP contribution in [0, 0.1) is 0 Å². The van der Waals surface area contributed by atoms with Gasteiger partial charge in [0.25, 0.3) is 0 Å². The van der Waals surface area contributed by atoms with Crippen molar-refractivity contribution in [2.24, 2.45) is 5.73 Å². The molecule has 1 unspecified atom stereocenters. The number of fused-ring (bicyclic) bond motifs is 1. The summed E-state index contributed by atoms with van der Waals surface area (Å²) in [4.78, 5) is 4.58. The Morgan fingerprint density at radius 2 is 2.00 bits per heavy atom. The minimum atomic E-state index is 0.262. The Bertz CT molecular complexity index is 393. The fourth-order valence-electron chi connectivity index (χ4n) is 3.06.